The molecule has 0 saturated carbocycles. The van der Waals surface area contributed by atoms with Crippen LogP contribution >= 0.6 is 0 Å². The molecule has 1 N–H and O–H groups in total. The first-order chi connectivity index (χ1) is 5.96. The number of rotatable bonds is 0. The van der Waals surface area contributed by atoms with Crippen LogP contribution < -0.4 is 0 Å². The van der Waals surface area contributed by atoms with E-state index < -0.39 is 5.60 Å². The summed E-state index contributed by atoms with van der Waals surface area (Å²) in [5, 5.41) is 9.81. The Kier molecular flexibility index (Phi) is 2.63. The van der Waals surface area contributed by atoms with Crippen molar-refractivity contribution in [2.45, 2.75) is 25.9 Å². The van der Waals surface area contributed by atoms with E-state index in [4.69, 9.17) is 0 Å². The molecule has 1 unspecified atom stereocenters. The van der Waals surface area contributed by atoms with E-state index in [9.17, 15) is 9.90 Å². The van der Waals surface area contributed by atoms with E-state index in [0.717, 1.165) is 0 Å². The predicted octanol–water partition coefficient (Wildman–Crippen LogP) is 0.239. The first-order valence-electron chi connectivity index (χ1n) is 4.46. The zero-order valence-corrected chi connectivity index (χ0v) is 8.29. The van der Waals surface area contributed by atoms with Crippen molar-refractivity contribution < 1.29 is 9.90 Å². The Morgan fingerprint density at radius 1 is 1.62 bits per heavy atom. The molecule has 1 aliphatic rings. The predicted molar refractivity (Wildman–Crippen MR) is 49.8 cm³/mol. The number of hydrogen-bond donors (Lipinski definition) is 1. The van der Waals surface area contributed by atoms with Crippen LogP contribution in [-0.2, 0) is 4.79 Å². The van der Waals surface area contributed by atoms with Crippen LogP contribution in [-0.4, -0.2) is 35.1 Å². The molecule has 1 atom stereocenters. The third-order valence-electron chi connectivity index (χ3n) is 2.08. The van der Waals surface area contributed by atoms with Crippen molar-refractivity contribution >= 4 is 5.91 Å². The van der Waals surface area contributed by atoms with Crippen LogP contribution in [0.3, 0.4) is 0 Å². The van der Waals surface area contributed by atoms with Gasteiger partial charge < -0.3 is 10.0 Å². The van der Waals surface area contributed by atoms with Gasteiger partial charge in [-0.2, -0.15) is 0 Å². The molecule has 3 nitrogen and oxygen atoms in total. The van der Waals surface area contributed by atoms with Crippen molar-refractivity contribution in [1.82, 2.24) is 4.90 Å². The molecule has 0 aromatic carbocycles. The lowest BCUT2D eigenvalue weighted by Crippen LogP contribution is -2.37. The van der Waals surface area contributed by atoms with Crippen LogP contribution in [0.4, 0.5) is 0 Å². The third-order valence-corrected chi connectivity index (χ3v) is 2.08. The molecule has 72 valence electrons. The first kappa shape index (κ1) is 10.1. The van der Waals surface area contributed by atoms with Crippen molar-refractivity contribution in [2.75, 3.05) is 13.6 Å². The van der Waals surface area contributed by atoms with Crippen LogP contribution in [0.1, 0.15) is 20.3 Å². The minimum Gasteiger partial charge on any atom is -0.369 e. The normalized spacial score (nSPS) is 27.8. The molecule has 1 aliphatic heterocycles. The van der Waals surface area contributed by atoms with Gasteiger partial charge in [-0.1, -0.05) is 25.7 Å². The maximum Gasteiger partial charge on any atom is 0.267 e. The first-order valence-corrected chi connectivity index (χ1v) is 4.46. The van der Waals surface area contributed by atoms with Gasteiger partial charge in [0.1, 0.15) is 0 Å². The van der Waals surface area contributed by atoms with Gasteiger partial charge in [-0.15, -0.1) is 0 Å². The number of carbonyl (C=O) groups is 1. The zero-order valence-electron chi connectivity index (χ0n) is 8.29. The molecule has 1 heterocycles. The second-order valence-electron chi connectivity index (χ2n) is 3.76. The minimum atomic E-state index is -1.42. The monoisotopic (exact) mass is 181 g/mol. The van der Waals surface area contributed by atoms with Crippen molar-refractivity contribution in [2.24, 2.45) is 5.92 Å². The Hall–Kier alpha value is -1.01. The van der Waals surface area contributed by atoms with Gasteiger partial charge in [0.2, 0.25) is 5.60 Å². The fourth-order valence-electron chi connectivity index (χ4n) is 1.23. The van der Waals surface area contributed by atoms with E-state index in [0.29, 0.717) is 13.0 Å². The molecule has 0 aliphatic carbocycles. The van der Waals surface area contributed by atoms with Crippen molar-refractivity contribution in [1.29, 1.82) is 0 Å². The lowest BCUT2D eigenvalue weighted by molar-refractivity contribution is -0.137. The van der Waals surface area contributed by atoms with Gasteiger partial charge >= 0.3 is 0 Å². The summed E-state index contributed by atoms with van der Waals surface area (Å²) >= 11 is 0. The topological polar surface area (TPSA) is 40.5 Å². The molecular weight excluding hydrogens is 166 g/mol. The van der Waals surface area contributed by atoms with Crippen molar-refractivity contribution in [3.05, 3.63) is 0 Å². The number of aliphatic hydroxyl groups is 1. The fraction of sp³-hybridized carbons (Fsp3) is 0.700. The summed E-state index contributed by atoms with van der Waals surface area (Å²) in [5.74, 6) is 5.39. The smallest absolute Gasteiger partial charge is 0.267 e. The van der Waals surface area contributed by atoms with Gasteiger partial charge in [0.15, 0.2) is 0 Å². The molecule has 13 heavy (non-hydrogen) atoms. The lowest BCUT2D eigenvalue weighted by atomic mass is 10.0. The van der Waals surface area contributed by atoms with Gasteiger partial charge in [-0.05, 0) is 0 Å². The summed E-state index contributed by atoms with van der Waals surface area (Å²) in [4.78, 5) is 12.9. The van der Waals surface area contributed by atoms with E-state index >= 15 is 0 Å². The molecule has 1 saturated heterocycles. The van der Waals surface area contributed by atoms with E-state index in [-0.39, 0.29) is 11.8 Å². The van der Waals surface area contributed by atoms with Gasteiger partial charge in [0, 0.05) is 25.9 Å². The number of amides is 1. The SMILES string of the molecule is CC(C)C#CC1(O)CCN(C)C1=O. The van der Waals surface area contributed by atoms with Crippen molar-refractivity contribution in [3.8, 4) is 11.8 Å². The van der Waals surface area contributed by atoms with E-state index in [1.54, 1.807) is 7.05 Å². The maximum atomic E-state index is 11.4. The summed E-state index contributed by atoms with van der Waals surface area (Å²) in [6, 6.07) is 0. The van der Waals surface area contributed by atoms with Gasteiger partial charge in [-0.25, -0.2) is 0 Å². The highest BCUT2D eigenvalue weighted by Crippen LogP contribution is 2.20. The Labute approximate surface area is 78.7 Å². The largest absolute Gasteiger partial charge is 0.369 e. The lowest BCUT2D eigenvalue weighted by Gasteiger charge is -2.13. The van der Waals surface area contributed by atoms with Gasteiger partial charge in [0.25, 0.3) is 5.91 Å². The summed E-state index contributed by atoms with van der Waals surface area (Å²) in [6.07, 6.45) is 0.419. The molecule has 0 radical (unpaired) electrons. The highest BCUT2D eigenvalue weighted by Gasteiger charge is 2.42. The fourth-order valence-corrected chi connectivity index (χ4v) is 1.23. The quantitative estimate of drug-likeness (QED) is 0.544. The average molecular weight is 181 g/mol. The van der Waals surface area contributed by atoms with Gasteiger partial charge in [0.05, 0.1) is 0 Å². The summed E-state index contributed by atoms with van der Waals surface area (Å²) in [7, 11) is 1.68. The number of likely N-dealkylation sites (N-methyl/N-ethyl adjacent to an activating group) is 1. The van der Waals surface area contributed by atoms with Gasteiger partial charge in [-0.3, -0.25) is 4.79 Å². The molecule has 1 fully saturated rings. The standard InChI is InChI=1S/C10H15NO2/c1-8(2)4-5-10(13)6-7-11(3)9(10)12/h8,13H,6-7H2,1-3H3. The van der Waals surface area contributed by atoms with E-state index in [2.05, 4.69) is 11.8 Å². The van der Waals surface area contributed by atoms with Crippen LogP contribution in [0, 0.1) is 17.8 Å². The molecule has 3 heteroatoms. The number of hydrogen-bond acceptors (Lipinski definition) is 2. The Morgan fingerprint density at radius 3 is 2.62 bits per heavy atom. The van der Waals surface area contributed by atoms with Crippen molar-refractivity contribution in [3.63, 3.8) is 0 Å². The van der Waals surface area contributed by atoms with Crippen LogP contribution in [0.5, 0.6) is 0 Å². The maximum absolute atomic E-state index is 11.4. The Morgan fingerprint density at radius 2 is 2.23 bits per heavy atom. The molecule has 0 aromatic rings. The van der Waals surface area contributed by atoms with Crippen LogP contribution in [0.2, 0.25) is 0 Å². The number of nitrogens with zero attached hydrogens (tertiary/aromatic N) is 1. The van der Waals surface area contributed by atoms with Crippen LogP contribution in [0.15, 0.2) is 0 Å². The molecule has 0 spiro atoms. The number of carbonyl (C=O) groups excluding carboxylic acids is 1. The highest BCUT2D eigenvalue weighted by atomic mass is 16.3. The minimum absolute atomic E-state index is 0.183. The second kappa shape index (κ2) is 3.39. The Balaban J connectivity index is 2.80. The molecular formula is C10H15NO2. The van der Waals surface area contributed by atoms with E-state index in [1.807, 2.05) is 13.8 Å². The average Bonchev–Trinajstić information content (AvgIpc) is 2.31. The number of likely N-dealkylation sites (tertiary alicyclic amines) is 1. The Bertz CT molecular complexity index is 274. The third kappa shape index (κ3) is 2.02. The summed E-state index contributed by atoms with van der Waals surface area (Å²) in [6.45, 7) is 4.45. The summed E-state index contributed by atoms with van der Waals surface area (Å²) < 4.78 is 0. The summed E-state index contributed by atoms with van der Waals surface area (Å²) in [5.41, 5.74) is -1.42. The molecule has 1 rings (SSSR count). The molecule has 1 amide bonds. The van der Waals surface area contributed by atoms with Crippen LogP contribution in [0.25, 0.3) is 0 Å². The highest BCUT2D eigenvalue weighted by molar-refractivity contribution is 5.90. The van der Waals surface area contributed by atoms with E-state index in [1.165, 1.54) is 4.90 Å². The second-order valence-corrected chi connectivity index (χ2v) is 3.76. The zero-order chi connectivity index (χ0) is 10.1. The molecule has 0 bridgehead atoms. The molecule has 0 aromatic heterocycles.